The van der Waals surface area contributed by atoms with Gasteiger partial charge in [-0.3, -0.25) is 0 Å². The maximum Gasteiger partial charge on any atom is 0.344 e. The molecule has 0 heterocycles. The minimum absolute atomic E-state index is 0.170. The molecule has 0 amide bonds. The Labute approximate surface area is 98.5 Å². The van der Waals surface area contributed by atoms with Gasteiger partial charge >= 0.3 is 11.9 Å². The molecule has 0 aliphatic rings. The van der Waals surface area contributed by atoms with E-state index in [0.717, 1.165) is 0 Å². The van der Waals surface area contributed by atoms with E-state index in [1.54, 1.807) is 6.92 Å². The molecule has 0 bridgehead atoms. The lowest BCUT2D eigenvalue weighted by atomic mass is 10.1. The fourth-order valence-corrected chi connectivity index (χ4v) is 1.17. The van der Waals surface area contributed by atoms with E-state index in [-0.39, 0.29) is 17.9 Å². The molecule has 1 rings (SSSR count). The summed E-state index contributed by atoms with van der Waals surface area (Å²) < 4.78 is 9.34. The smallest absolute Gasteiger partial charge is 0.344 e. The third kappa shape index (κ3) is 3.67. The Morgan fingerprint density at radius 3 is 2.53 bits per heavy atom. The molecule has 0 aliphatic carbocycles. The van der Waals surface area contributed by atoms with E-state index in [2.05, 4.69) is 4.74 Å². The number of anilines is 2. The van der Waals surface area contributed by atoms with Crippen molar-refractivity contribution in [1.82, 2.24) is 0 Å². The maximum absolute atomic E-state index is 11.5. The summed E-state index contributed by atoms with van der Waals surface area (Å²) in [5.74, 6) is -1.29. The van der Waals surface area contributed by atoms with E-state index in [1.807, 2.05) is 0 Å². The van der Waals surface area contributed by atoms with Gasteiger partial charge in [-0.1, -0.05) is 0 Å². The summed E-state index contributed by atoms with van der Waals surface area (Å²) in [6, 6.07) is 4.41. The molecule has 0 atom stereocenters. The lowest BCUT2D eigenvalue weighted by molar-refractivity contribution is -0.146. The van der Waals surface area contributed by atoms with Gasteiger partial charge in [0.05, 0.1) is 12.2 Å². The van der Waals surface area contributed by atoms with Crippen molar-refractivity contribution in [2.45, 2.75) is 6.92 Å². The van der Waals surface area contributed by atoms with Crippen molar-refractivity contribution in [3.8, 4) is 0 Å². The van der Waals surface area contributed by atoms with Crippen LogP contribution in [0.25, 0.3) is 0 Å². The first-order valence-corrected chi connectivity index (χ1v) is 5.02. The highest BCUT2D eigenvalue weighted by Crippen LogP contribution is 2.16. The summed E-state index contributed by atoms with van der Waals surface area (Å²) in [5, 5.41) is 0. The van der Waals surface area contributed by atoms with Crippen LogP contribution in [-0.2, 0) is 14.3 Å². The van der Waals surface area contributed by atoms with Gasteiger partial charge in [0.2, 0.25) is 0 Å². The van der Waals surface area contributed by atoms with Crippen LogP contribution in [0.4, 0.5) is 11.4 Å². The summed E-state index contributed by atoms with van der Waals surface area (Å²) in [4.78, 5) is 22.5. The zero-order valence-corrected chi connectivity index (χ0v) is 9.43. The second-order valence-corrected chi connectivity index (χ2v) is 3.23. The summed E-state index contributed by atoms with van der Waals surface area (Å²) in [7, 11) is 0. The van der Waals surface area contributed by atoms with Crippen molar-refractivity contribution in [2.75, 3.05) is 24.7 Å². The number of hydrogen-bond donors (Lipinski definition) is 2. The first kappa shape index (κ1) is 12.8. The molecule has 17 heavy (non-hydrogen) atoms. The standard InChI is InChI=1S/C11H14N2O4/c1-2-16-10(14)6-17-11(15)8-4-3-7(12)5-9(8)13/h3-5H,2,6,12-13H2,1H3. The first-order chi connectivity index (χ1) is 8.04. The maximum atomic E-state index is 11.5. The summed E-state index contributed by atoms with van der Waals surface area (Å²) in [6.45, 7) is 1.47. The van der Waals surface area contributed by atoms with Crippen LogP contribution in [0.5, 0.6) is 0 Å². The summed E-state index contributed by atoms with van der Waals surface area (Å²) >= 11 is 0. The molecule has 0 saturated carbocycles. The number of carbonyl (C=O) groups is 2. The third-order valence-corrected chi connectivity index (χ3v) is 1.92. The summed E-state index contributed by atoms with van der Waals surface area (Å²) in [5.41, 5.74) is 11.9. The van der Waals surface area contributed by atoms with Crippen LogP contribution in [0.15, 0.2) is 18.2 Å². The van der Waals surface area contributed by atoms with E-state index in [1.165, 1.54) is 18.2 Å². The van der Waals surface area contributed by atoms with Crippen LogP contribution in [0.3, 0.4) is 0 Å². The molecule has 1 aromatic rings. The zero-order valence-electron chi connectivity index (χ0n) is 9.43. The van der Waals surface area contributed by atoms with E-state index in [9.17, 15) is 9.59 Å². The van der Waals surface area contributed by atoms with Gasteiger partial charge in [0, 0.05) is 11.4 Å². The molecular formula is C11H14N2O4. The van der Waals surface area contributed by atoms with E-state index in [0.29, 0.717) is 5.69 Å². The predicted molar refractivity (Wildman–Crippen MR) is 62.2 cm³/mol. The number of ether oxygens (including phenoxy) is 2. The van der Waals surface area contributed by atoms with Crippen LogP contribution < -0.4 is 11.5 Å². The molecular weight excluding hydrogens is 224 g/mol. The number of nitrogens with two attached hydrogens (primary N) is 2. The number of hydrogen-bond acceptors (Lipinski definition) is 6. The van der Waals surface area contributed by atoms with Gasteiger partial charge in [0.25, 0.3) is 0 Å². The van der Waals surface area contributed by atoms with Crippen LogP contribution in [0.1, 0.15) is 17.3 Å². The number of carbonyl (C=O) groups excluding carboxylic acids is 2. The fraction of sp³-hybridized carbons (Fsp3) is 0.273. The highest BCUT2D eigenvalue weighted by atomic mass is 16.6. The Morgan fingerprint density at radius 1 is 1.24 bits per heavy atom. The van der Waals surface area contributed by atoms with Gasteiger partial charge in [-0.25, -0.2) is 9.59 Å². The lowest BCUT2D eigenvalue weighted by Crippen LogP contribution is -2.17. The van der Waals surface area contributed by atoms with Gasteiger partial charge in [0.15, 0.2) is 6.61 Å². The normalized spacial score (nSPS) is 9.71. The Bertz CT molecular complexity index is 431. The molecule has 0 saturated heterocycles. The van der Waals surface area contributed by atoms with Crippen molar-refractivity contribution in [2.24, 2.45) is 0 Å². The van der Waals surface area contributed by atoms with Gasteiger partial charge in [-0.15, -0.1) is 0 Å². The summed E-state index contributed by atoms with van der Waals surface area (Å²) in [6.07, 6.45) is 0. The van der Waals surface area contributed by atoms with Crippen molar-refractivity contribution in [3.63, 3.8) is 0 Å². The molecule has 1 aromatic carbocycles. The quantitative estimate of drug-likeness (QED) is 0.587. The van der Waals surface area contributed by atoms with E-state index in [4.69, 9.17) is 16.2 Å². The Balaban J connectivity index is 2.61. The number of rotatable bonds is 4. The second kappa shape index (κ2) is 5.74. The minimum atomic E-state index is -0.685. The highest BCUT2D eigenvalue weighted by molar-refractivity contribution is 5.96. The molecule has 0 fully saturated rings. The Morgan fingerprint density at radius 2 is 1.94 bits per heavy atom. The average Bonchev–Trinajstić information content (AvgIpc) is 2.26. The molecule has 6 nitrogen and oxygen atoms in total. The van der Waals surface area contributed by atoms with Crippen LogP contribution in [0, 0.1) is 0 Å². The SMILES string of the molecule is CCOC(=O)COC(=O)c1ccc(N)cc1N. The lowest BCUT2D eigenvalue weighted by Gasteiger charge is -2.07. The second-order valence-electron chi connectivity index (χ2n) is 3.23. The topological polar surface area (TPSA) is 105 Å². The zero-order chi connectivity index (χ0) is 12.8. The number of nitrogen functional groups attached to an aromatic ring is 2. The molecule has 92 valence electrons. The molecule has 4 N–H and O–H groups in total. The average molecular weight is 238 g/mol. The Hall–Kier alpha value is -2.24. The largest absolute Gasteiger partial charge is 0.463 e. The van der Waals surface area contributed by atoms with Crippen molar-refractivity contribution in [1.29, 1.82) is 0 Å². The molecule has 0 spiro atoms. The van der Waals surface area contributed by atoms with Gasteiger partial charge in [0.1, 0.15) is 0 Å². The van der Waals surface area contributed by atoms with Gasteiger partial charge in [-0.05, 0) is 25.1 Å². The van der Waals surface area contributed by atoms with E-state index < -0.39 is 18.5 Å². The van der Waals surface area contributed by atoms with E-state index >= 15 is 0 Å². The van der Waals surface area contributed by atoms with Gasteiger partial charge < -0.3 is 20.9 Å². The van der Waals surface area contributed by atoms with Crippen LogP contribution >= 0.6 is 0 Å². The molecule has 0 unspecified atom stereocenters. The van der Waals surface area contributed by atoms with Crippen molar-refractivity contribution < 1.29 is 19.1 Å². The monoisotopic (exact) mass is 238 g/mol. The van der Waals surface area contributed by atoms with Crippen molar-refractivity contribution in [3.05, 3.63) is 23.8 Å². The molecule has 0 aromatic heterocycles. The first-order valence-electron chi connectivity index (χ1n) is 5.02. The van der Waals surface area contributed by atoms with Crippen LogP contribution in [0.2, 0.25) is 0 Å². The number of benzene rings is 1. The fourth-order valence-electron chi connectivity index (χ4n) is 1.17. The highest BCUT2D eigenvalue weighted by Gasteiger charge is 2.13. The van der Waals surface area contributed by atoms with Crippen molar-refractivity contribution >= 4 is 23.3 Å². The predicted octanol–water partition coefficient (Wildman–Crippen LogP) is 0.571. The minimum Gasteiger partial charge on any atom is -0.463 e. The number of esters is 2. The van der Waals surface area contributed by atoms with Gasteiger partial charge in [-0.2, -0.15) is 0 Å². The molecule has 0 radical (unpaired) electrons. The third-order valence-electron chi connectivity index (χ3n) is 1.92. The van der Waals surface area contributed by atoms with Crippen LogP contribution in [-0.4, -0.2) is 25.2 Å². The Kier molecular flexibility index (Phi) is 4.33. The molecule has 0 aliphatic heterocycles. The molecule has 6 heteroatoms.